The van der Waals surface area contributed by atoms with Crippen molar-refractivity contribution in [2.24, 2.45) is 0 Å². The largest absolute Gasteiger partial charge is 0.412 e. The number of carbonyl (C=O) groups is 4. The van der Waals surface area contributed by atoms with Crippen molar-refractivity contribution in [3.63, 3.8) is 0 Å². The van der Waals surface area contributed by atoms with E-state index in [4.69, 9.17) is 0 Å². The first-order valence-electron chi connectivity index (χ1n) is 5.50. The summed E-state index contributed by atoms with van der Waals surface area (Å²) in [6.45, 7) is 3.97. The molecule has 0 saturated heterocycles. The standard InChI is InChI=1S/C10H16N2O8.3H2O/c1-7(13)17-11(18-8(2)14)5-6-12(19-9(3)15)20-10(4)16;;;/h5-6H2,1-4H3;3*1H2. The summed E-state index contributed by atoms with van der Waals surface area (Å²) in [4.78, 5) is 61.4. The molecule has 0 heterocycles. The molecule has 0 radical (unpaired) electrons. The second-order valence-electron chi connectivity index (χ2n) is 3.44. The molecule has 0 saturated carbocycles. The molecule has 0 rings (SSSR count). The fraction of sp³-hybridized carbons (Fsp3) is 0.600. The summed E-state index contributed by atoms with van der Waals surface area (Å²) in [5, 5.41) is 1.15. The van der Waals surface area contributed by atoms with Gasteiger partial charge in [0, 0.05) is 38.1 Å². The first kappa shape index (κ1) is 28.8. The normalized spacial score (nSPS) is 8.78. The molecule has 0 aromatic heterocycles. The van der Waals surface area contributed by atoms with E-state index in [1.807, 2.05) is 0 Å². The van der Waals surface area contributed by atoms with E-state index in [9.17, 15) is 19.2 Å². The van der Waals surface area contributed by atoms with Crippen LogP contribution in [0.4, 0.5) is 0 Å². The number of hydrogen-bond donors (Lipinski definition) is 0. The third kappa shape index (κ3) is 17.6. The minimum atomic E-state index is -0.724. The van der Waals surface area contributed by atoms with Crippen LogP contribution in [0.5, 0.6) is 0 Å². The average Bonchev–Trinajstić information content (AvgIpc) is 2.22. The van der Waals surface area contributed by atoms with Crippen LogP contribution in [0.3, 0.4) is 0 Å². The molecule has 0 bridgehead atoms. The molecule has 23 heavy (non-hydrogen) atoms. The summed E-state index contributed by atoms with van der Waals surface area (Å²) in [6, 6.07) is 0. The van der Waals surface area contributed by atoms with Crippen LogP contribution in [0, 0.1) is 0 Å². The van der Waals surface area contributed by atoms with Gasteiger partial charge >= 0.3 is 23.9 Å². The number of nitrogens with zero attached hydrogens (tertiary/aromatic N) is 2. The summed E-state index contributed by atoms with van der Waals surface area (Å²) in [6.07, 6.45) is 0. The lowest BCUT2D eigenvalue weighted by Gasteiger charge is -2.22. The molecule has 0 unspecified atom stereocenters. The zero-order valence-corrected chi connectivity index (χ0v) is 13.1. The third-order valence-corrected chi connectivity index (χ3v) is 1.39. The summed E-state index contributed by atoms with van der Waals surface area (Å²) in [5.41, 5.74) is 0. The Balaban J connectivity index is -0.000000602. The molecular formula is C10H22N2O11. The Morgan fingerprint density at radius 1 is 0.565 bits per heavy atom. The number of hydroxylamine groups is 4. The first-order chi connectivity index (χ1) is 9.20. The molecule has 13 nitrogen and oxygen atoms in total. The molecular weight excluding hydrogens is 324 g/mol. The van der Waals surface area contributed by atoms with Gasteiger partial charge in [-0.05, 0) is 0 Å². The Morgan fingerprint density at radius 2 is 0.739 bits per heavy atom. The molecule has 0 fully saturated rings. The maximum absolute atomic E-state index is 10.8. The topological polar surface area (TPSA) is 206 Å². The van der Waals surface area contributed by atoms with Crippen molar-refractivity contribution in [2.75, 3.05) is 13.1 Å². The van der Waals surface area contributed by atoms with Crippen LogP contribution in [0.25, 0.3) is 0 Å². The fourth-order valence-corrected chi connectivity index (χ4v) is 0.957. The third-order valence-electron chi connectivity index (χ3n) is 1.39. The van der Waals surface area contributed by atoms with Crippen LogP contribution in [0.15, 0.2) is 0 Å². The lowest BCUT2D eigenvalue weighted by molar-refractivity contribution is -0.354. The van der Waals surface area contributed by atoms with Crippen molar-refractivity contribution in [1.82, 2.24) is 10.5 Å². The van der Waals surface area contributed by atoms with E-state index in [2.05, 4.69) is 19.4 Å². The number of carbonyl (C=O) groups excluding carboxylic acids is 4. The minimum Gasteiger partial charge on any atom is -0.412 e. The Hall–Kier alpha value is -2.32. The second-order valence-corrected chi connectivity index (χ2v) is 3.44. The zero-order chi connectivity index (χ0) is 15.7. The van der Waals surface area contributed by atoms with Gasteiger partial charge in [0.25, 0.3) is 0 Å². The maximum Gasteiger partial charge on any atom is 0.326 e. The maximum atomic E-state index is 10.8. The lowest BCUT2D eigenvalue weighted by atomic mass is 10.7. The van der Waals surface area contributed by atoms with Crippen LogP contribution in [-0.2, 0) is 38.5 Å². The smallest absolute Gasteiger partial charge is 0.326 e. The van der Waals surface area contributed by atoms with Gasteiger partial charge < -0.3 is 35.8 Å². The van der Waals surface area contributed by atoms with Gasteiger partial charge in [0.1, 0.15) is 0 Å². The molecule has 0 aromatic rings. The van der Waals surface area contributed by atoms with Crippen LogP contribution < -0.4 is 0 Å². The Kier molecular flexibility index (Phi) is 18.3. The van der Waals surface area contributed by atoms with E-state index in [1.54, 1.807) is 0 Å². The molecule has 138 valence electrons. The van der Waals surface area contributed by atoms with E-state index in [0.717, 1.165) is 27.7 Å². The van der Waals surface area contributed by atoms with Crippen LogP contribution in [-0.4, -0.2) is 63.8 Å². The Morgan fingerprint density at radius 3 is 0.870 bits per heavy atom. The highest BCUT2D eigenvalue weighted by Gasteiger charge is 2.18. The quantitative estimate of drug-likeness (QED) is 0.427. The van der Waals surface area contributed by atoms with Crippen molar-refractivity contribution in [3.05, 3.63) is 0 Å². The van der Waals surface area contributed by atoms with Gasteiger partial charge in [-0.1, -0.05) is 0 Å². The molecule has 0 amide bonds. The first-order valence-corrected chi connectivity index (χ1v) is 5.50. The van der Waals surface area contributed by atoms with E-state index in [0.29, 0.717) is 10.5 Å². The van der Waals surface area contributed by atoms with Gasteiger partial charge in [-0.25, -0.2) is 0 Å². The molecule has 0 aliphatic carbocycles. The highest BCUT2D eigenvalue weighted by Crippen LogP contribution is 1.99. The average molecular weight is 346 g/mol. The SMILES string of the molecule is CC(=O)ON(CCN(OC(C)=O)OC(C)=O)OC(C)=O.O.O.O. The summed E-state index contributed by atoms with van der Waals surface area (Å²) in [5.74, 6) is -2.90. The Bertz CT molecular complexity index is 319. The Labute approximate surface area is 131 Å². The van der Waals surface area contributed by atoms with Gasteiger partial charge in [-0.3, -0.25) is 19.2 Å². The molecule has 0 aliphatic heterocycles. The molecule has 0 aromatic carbocycles. The van der Waals surface area contributed by atoms with Gasteiger partial charge in [-0.15, -0.1) is 0 Å². The second kappa shape index (κ2) is 14.6. The molecule has 0 atom stereocenters. The van der Waals surface area contributed by atoms with Gasteiger partial charge in [0.2, 0.25) is 0 Å². The van der Waals surface area contributed by atoms with E-state index in [-0.39, 0.29) is 29.5 Å². The molecule has 6 N–H and O–H groups in total. The molecule has 0 spiro atoms. The van der Waals surface area contributed by atoms with E-state index >= 15 is 0 Å². The predicted molar refractivity (Wildman–Crippen MR) is 71.3 cm³/mol. The highest BCUT2D eigenvalue weighted by molar-refractivity contribution is 5.67. The zero-order valence-electron chi connectivity index (χ0n) is 13.1. The molecule has 13 heteroatoms. The highest BCUT2D eigenvalue weighted by atomic mass is 17.0. The summed E-state index contributed by atoms with van der Waals surface area (Å²) < 4.78 is 0. The summed E-state index contributed by atoms with van der Waals surface area (Å²) in [7, 11) is 0. The number of hydrogen-bond acceptors (Lipinski definition) is 10. The molecule has 0 aliphatic rings. The van der Waals surface area contributed by atoms with E-state index < -0.39 is 23.9 Å². The van der Waals surface area contributed by atoms with Crippen LogP contribution in [0.1, 0.15) is 27.7 Å². The number of rotatable bonds is 7. The van der Waals surface area contributed by atoms with Crippen molar-refractivity contribution in [2.45, 2.75) is 27.7 Å². The van der Waals surface area contributed by atoms with Crippen molar-refractivity contribution < 1.29 is 55.0 Å². The minimum absolute atomic E-state index is 0. The van der Waals surface area contributed by atoms with Crippen LogP contribution >= 0.6 is 0 Å². The predicted octanol–water partition coefficient (Wildman–Crippen LogP) is -2.97. The lowest BCUT2D eigenvalue weighted by Crippen LogP contribution is -2.38. The van der Waals surface area contributed by atoms with E-state index in [1.165, 1.54) is 0 Å². The van der Waals surface area contributed by atoms with Crippen molar-refractivity contribution in [1.29, 1.82) is 0 Å². The summed E-state index contributed by atoms with van der Waals surface area (Å²) >= 11 is 0. The van der Waals surface area contributed by atoms with Gasteiger partial charge in [0.15, 0.2) is 0 Å². The van der Waals surface area contributed by atoms with Gasteiger partial charge in [-0.2, -0.15) is 0 Å². The monoisotopic (exact) mass is 346 g/mol. The van der Waals surface area contributed by atoms with Crippen LogP contribution in [0.2, 0.25) is 0 Å². The van der Waals surface area contributed by atoms with Crippen molar-refractivity contribution >= 4 is 23.9 Å². The van der Waals surface area contributed by atoms with Crippen molar-refractivity contribution in [3.8, 4) is 0 Å². The fourth-order valence-electron chi connectivity index (χ4n) is 0.957. The van der Waals surface area contributed by atoms with Gasteiger partial charge in [0.05, 0.1) is 13.1 Å².